The molecule has 138 valence electrons. The number of tetrazole rings is 1. The van der Waals surface area contributed by atoms with Crippen LogP contribution in [-0.4, -0.2) is 38.1 Å². The molecule has 0 aliphatic heterocycles. The molecule has 3 aromatic rings. The lowest BCUT2D eigenvalue weighted by Crippen LogP contribution is -2.41. The maximum atomic E-state index is 12.4. The Morgan fingerprint density at radius 3 is 2.85 bits per heavy atom. The van der Waals surface area contributed by atoms with Gasteiger partial charge in [-0.15, -0.1) is 5.10 Å². The number of rotatable bonds is 6. The summed E-state index contributed by atoms with van der Waals surface area (Å²) in [6, 6.07) is 10.1. The molecular weight excluding hydrogens is 348 g/mol. The van der Waals surface area contributed by atoms with Crippen molar-refractivity contribution in [2.24, 2.45) is 0 Å². The van der Waals surface area contributed by atoms with Crippen LogP contribution in [0.25, 0.3) is 11.4 Å². The van der Waals surface area contributed by atoms with Crippen LogP contribution in [0.1, 0.15) is 36.4 Å². The monoisotopic (exact) mass is 366 g/mol. The molecule has 9 nitrogen and oxygen atoms in total. The van der Waals surface area contributed by atoms with Crippen LogP contribution in [0.15, 0.2) is 47.1 Å². The molecule has 2 aromatic heterocycles. The van der Waals surface area contributed by atoms with E-state index in [0.717, 1.165) is 18.4 Å². The van der Waals surface area contributed by atoms with Gasteiger partial charge >= 0.3 is 0 Å². The quantitative estimate of drug-likeness (QED) is 0.690. The molecular formula is C18H18N6O3. The topological polar surface area (TPSA) is 115 Å². The van der Waals surface area contributed by atoms with E-state index in [9.17, 15) is 9.59 Å². The summed E-state index contributed by atoms with van der Waals surface area (Å²) in [5.74, 6) is 0.0465. The lowest BCUT2D eigenvalue weighted by molar-refractivity contribution is -0.117. The Balaban J connectivity index is 1.44. The number of carbonyl (C=O) groups excluding carboxylic acids is 2. The Labute approximate surface area is 154 Å². The predicted octanol–water partition coefficient (Wildman–Crippen LogP) is 2.02. The number of nitrogens with zero attached hydrogens (tertiary/aromatic N) is 4. The van der Waals surface area contributed by atoms with E-state index in [2.05, 4.69) is 26.2 Å². The summed E-state index contributed by atoms with van der Waals surface area (Å²) in [6.07, 6.45) is 3.54. The second-order valence-corrected chi connectivity index (χ2v) is 6.42. The standard InChI is InChI=1S/C18H18N6O3/c1-11(19-18(26)15-6-3-9-27-15)17(25)20-13-5-2-4-12(10-13)16-21-22-23-24(16)14-7-8-14/h2-6,9-11,14H,7-8H2,1H3,(H,19,26)(H,20,25)/t11-/m1/s1. The first kappa shape index (κ1) is 17.0. The maximum absolute atomic E-state index is 12.4. The number of amides is 2. The van der Waals surface area contributed by atoms with Gasteiger partial charge in [0, 0.05) is 11.3 Å². The minimum Gasteiger partial charge on any atom is -0.459 e. The molecule has 2 heterocycles. The second kappa shape index (κ2) is 7.02. The first-order valence-corrected chi connectivity index (χ1v) is 8.65. The second-order valence-electron chi connectivity index (χ2n) is 6.42. The molecule has 0 bridgehead atoms. The van der Waals surface area contributed by atoms with E-state index >= 15 is 0 Å². The molecule has 27 heavy (non-hydrogen) atoms. The van der Waals surface area contributed by atoms with Crippen LogP contribution in [-0.2, 0) is 4.79 Å². The van der Waals surface area contributed by atoms with Crippen molar-refractivity contribution in [1.29, 1.82) is 0 Å². The summed E-state index contributed by atoms with van der Waals surface area (Å²) >= 11 is 0. The fourth-order valence-corrected chi connectivity index (χ4v) is 2.68. The van der Waals surface area contributed by atoms with E-state index in [-0.39, 0.29) is 11.7 Å². The van der Waals surface area contributed by atoms with E-state index in [0.29, 0.717) is 17.6 Å². The zero-order valence-corrected chi connectivity index (χ0v) is 14.6. The third kappa shape index (κ3) is 3.71. The van der Waals surface area contributed by atoms with Crippen molar-refractivity contribution in [3.05, 3.63) is 48.4 Å². The van der Waals surface area contributed by atoms with Gasteiger partial charge in [-0.2, -0.15) is 0 Å². The number of hydrogen-bond acceptors (Lipinski definition) is 6. The summed E-state index contributed by atoms with van der Waals surface area (Å²) in [7, 11) is 0. The fourth-order valence-electron chi connectivity index (χ4n) is 2.68. The van der Waals surface area contributed by atoms with Crippen LogP contribution in [0.5, 0.6) is 0 Å². The van der Waals surface area contributed by atoms with Crippen molar-refractivity contribution in [3.8, 4) is 11.4 Å². The maximum Gasteiger partial charge on any atom is 0.287 e. The van der Waals surface area contributed by atoms with Crippen LogP contribution in [0, 0.1) is 0 Å². The van der Waals surface area contributed by atoms with Gasteiger partial charge < -0.3 is 15.1 Å². The third-order valence-electron chi connectivity index (χ3n) is 4.26. The highest BCUT2D eigenvalue weighted by molar-refractivity contribution is 6.00. The molecule has 4 rings (SSSR count). The van der Waals surface area contributed by atoms with Crippen molar-refractivity contribution >= 4 is 17.5 Å². The highest BCUT2D eigenvalue weighted by Gasteiger charge is 2.28. The van der Waals surface area contributed by atoms with Crippen molar-refractivity contribution in [2.45, 2.75) is 31.8 Å². The van der Waals surface area contributed by atoms with Gasteiger partial charge in [0.05, 0.1) is 12.3 Å². The Hall–Kier alpha value is -3.49. The van der Waals surface area contributed by atoms with E-state index in [1.165, 1.54) is 12.3 Å². The molecule has 0 spiro atoms. The molecule has 2 amide bonds. The van der Waals surface area contributed by atoms with E-state index in [1.807, 2.05) is 22.9 Å². The normalized spacial score (nSPS) is 14.6. The zero-order valence-electron chi connectivity index (χ0n) is 14.6. The predicted molar refractivity (Wildman–Crippen MR) is 95.8 cm³/mol. The lowest BCUT2D eigenvalue weighted by Gasteiger charge is -2.14. The largest absolute Gasteiger partial charge is 0.459 e. The van der Waals surface area contributed by atoms with Gasteiger partial charge in [-0.1, -0.05) is 12.1 Å². The molecule has 1 aliphatic rings. The Morgan fingerprint density at radius 2 is 2.11 bits per heavy atom. The van der Waals surface area contributed by atoms with E-state index in [4.69, 9.17) is 4.42 Å². The molecule has 1 atom stereocenters. The summed E-state index contributed by atoms with van der Waals surface area (Å²) in [5.41, 5.74) is 1.42. The number of anilines is 1. The van der Waals surface area contributed by atoms with E-state index in [1.54, 1.807) is 19.1 Å². The van der Waals surface area contributed by atoms with Crippen LogP contribution < -0.4 is 10.6 Å². The van der Waals surface area contributed by atoms with Gasteiger partial charge in [-0.3, -0.25) is 9.59 Å². The highest BCUT2D eigenvalue weighted by atomic mass is 16.3. The Bertz CT molecular complexity index is 961. The third-order valence-corrected chi connectivity index (χ3v) is 4.26. The average molecular weight is 366 g/mol. The van der Waals surface area contributed by atoms with Gasteiger partial charge in [0.25, 0.3) is 5.91 Å². The lowest BCUT2D eigenvalue weighted by atomic mass is 10.1. The number of benzene rings is 1. The SMILES string of the molecule is C[C@@H](NC(=O)c1ccco1)C(=O)Nc1cccc(-c2nnnn2C2CC2)c1. The molecule has 1 aliphatic carbocycles. The fraction of sp³-hybridized carbons (Fsp3) is 0.278. The minimum atomic E-state index is -0.733. The number of carbonyl (C=O) groups is 2. The summed E-state index contributed by atoms with van der Waals surface area (Å²) < 4.78 is 6.83. The van der Waals surface area contributed by atoms with Crippen molar-refractivity contribution < 1.29 is 14.0 Å². The molecule has 0 unspecified atom stereocenters. The van der Waals surface area contributed by atoms with Gasteiger partial charge in [0.2, 0.25) is 5.91 Å². The number of hydrogen-bond donors (Lipinski definition) is 2. The average Bonchev–Trinajstić information content (AvgIpc) is 3.16. The molecule has 0 saturated heterocycles. The molecule has 1 fully saturated rings. The Morgan fingerprint density at radius 1 is 1.26 bits per heavy atom. The first-order valence-electron chi connectivity index (χ1n) is 8.65. The summed E-state index contributed by atoms with van der Waals surface area (Å²) in [6.45, 7) is 1.60. The summed E-state index contributed by atoms with van der Waals surface area (Å²) in [4.78, 5) is 24.4. The van der Waals surface area contributed by atoms with Crippen molar-refractivity contribution in [2.75, 3.05) is 5.32 Å². The zero-order chi connectivity index (χ0) is 18.8. The molecule has 1 saturated carbocycles. The number of nitrogens with one attached hydrogen (secondary N) is 2. The van der Waals surface area contributed by atoms with Gasteiger partial charge in [-0.25, -0.2) is 4.68 Å². The molecule has 0 radical (unpaired) electrons. The van der Waals surface area contributed by atoms with Crippen LogP contribution in [0.2, 0.25) is 0 Å². The van der Waals surface area contributed by atoms with Gasteiger partial charge in [-0.05, 0) is 54.5 Å². The number of furan rings is 1. The van der Waals surface area contributed by atoms with Crippen LogP contribution in [0.4, 0.5) is 5.69 Å². The Kier molecular flexibility index (Phi) is 4.41. The van der Waals surface area contributed by atoms with Crippen LogP contribution in [0.3, 0.4) is 0 Å². The number of aromatic nitrogens is 4. The van der Waals surface area contributed by atoms with E-state index < -0.39 is 11.9 Å². The van der Waals surface area contributed by atoms with Gasteiger partial charge in [0.1, 0.15) is 6.04 Å². The smallest absolute Gasteiger partial charge is 0.287 e. The minimum absolute atomic E-state index is 0.156. The molecule has 1 aromatic carbocycles. The van der Waals surface area contributed by atoms with Gasteiger partial charge in [0.15, 0.2) is 11.6 Å². The van der Waals surface area contributed by atoms with Crippen LogP contribution >= 0.6 is 0 Å². The first-order chi connectivity index (χ1) is 13.1. The highest BCUT2D eigenvalue weighted by Crippen LogP contribution is 2.36. The molecule has 2 N–H and O–H groups in total. The molecule has 9 heteroatoms. The van der Waals surface area contributed by atoms with Crippen molar-refractivity contribution in [3.63, 3.8) is 0 Å². The summed E-state index contributed by atoms with van der Waals surface area (Å²) in [5, 5.41) is 17.3. The van der Waals surface area contributed by atoms with Crippen molar-refractivity contribution in [1.82, 2.24) is 25.5 Å².